The lowest BCUT2D eigenvalue weighted by Gasteiger charge is -2.31. The highest BCUT2D eigenvalue weighted by atomic mass is 16.3. The Bertz CT molecular complexity index is 433. The Morgan fingerprint density at radius 2 is 2.18 bits per heavy atom. The van der Waals surface area contributed by atoms with Crippen LogP contribution >= 0.6 is 0 Å². The van der Waals surface area contributed by atoms with Gasteiger partial charge in [-0.15, -0.1) is 0 Å². The third-order valence-electron chi connectivity index (χ3n) is 3.11. The third kappa shape index (κ3) is 2.71. The van der Waals surface area contributed by atoms with Crippen molar-refractivity contribution >= 4 is 5.95 Å². The fourth-order valence-electron chi connectivity index (χ4n) is 2.07. The summed E-state index contributed by atoms with van der Waals surface area (Å²) >= 11 is 0. The first kappa shape index (κ1) is 11.8. The molecule has 5 nitrogen and oxygen atoms in total. The Balaban J connectivity index is 2.13. The highest BCUT2D eigenvalue weighted by Gasteiger charge is 2.20. The molecule has 0 atom stereocenters. The molecule has 0 bridgehead atoms. The predicted octanol–water partition coefficient (Wildman–Crippen LogP) is 0.865. The van der Waals surface area contributed by atoms with Gasteiger partial charge in [0.2, 0.25) is 5.95 Å². The highest BCUT2D eigenvalue weighted by Crippen LogP contribution is 2.20. The molecule has 0 spiro atoms. The standard InChI is InChI=1S/C12H16N4O/c1-9-6-11(7-13)15-12(14-9)16-4-2-10(8-17)3-5-16/h6,10,17H,2-5,8H2,1H3. The SMILES string of the molecule is Cc1cc(C#N)nc(N2CCC(CO)CC2)n1. The fraction of sp³-hybridized carbons (Fsp3) is 0.583. The first-order chi connectivity index (χ1) is 8.22. The maximum atomic E-state index is 9.08. The Morgan fingerprint density at radius 3 is 2.76 bits per heavy atom. The lowest BCUT2D eigenvalue weighted by Crippen LogP contribution is -2.36. The van der Waals surface area contributed by atoms with Gasteiger partial charge in [-0.25, -0.2) is 9.97 Å². The van der Waals surface area contributed by atoms with Gasteiger partial charge in [-0.3, -0.25) is 0 Å². The van der Waals surface area contributed by atoms with Crippen LogP contribution in [0.15, 0.2) is 6.07 Å². The van der Waals surface area contributed by atoms with Crippen LogP contribution in [0.1, 0.15) is 24.2 Å². The molecule has 0 saturated carbocycles. The van der Waals surface area contributed by atoms with Crippen LogP contribution in [0.3, 0.4) is 0 Å². The molecule has 0 radical (unpaired) electrons. The van der Waals surface area contributed by atoms with E-state index in [4.69, 9.17) is 10.4 Å². The summed E-state index contributed by atoms with van der Waals surface area (Å²) in [6, 6.07) is 3.73. The quantitative estimate of drug-likeness (QED) is 0.819. The lowest BCUT2D eigenvalue weighted by molar-refractivity contribution is 0.202. The molecule has 2 heterocycles. The summed E-state index contributed by atoms with van der Waals surface area (Å²) in [7, 11) is 0. The zero-order valence-corrected chi connectivity index (χ0v) is 9.93. The summed E-state index contributed by atoms with van der Waals surface area (Å²) < 4.78 is 0. The van der Waals surface area contributed by atoms with Crippen LogP contribution in [0.5, 0.6) is 0 Å². The van der Waals surface area contributed by atoms with Gasteiger partial charge in [0, 0.05) is 25.4 Å². The van der Waals surface area contributed by atoms with Crippen molar-refractivity contribution in [3.63, 3.8) is 0 Å². The first-order valence-electron chi connectivity index (χ1n) is 5.84. The number of hydrogen-bond acceptors (Lipinski definition) is 5. The van der Waals surface area contributed by atoms with Crippen molar-refractivity contribution in [2.24, 2.45) is 5.92 Å². The maximum absolute atomic E-state index is 9.08. The Hall–Kier alpha value is -1.67. The minimum absolute atomic E-state index is 0.256. The molecule has 1 aromatic rings. The zero-order chi connectivity index (χ0) is 12.3. The van der Waals surface area contributed by atoms with E-state index in [0.717, 1.165) is 31.6 Å². The molecule has 2 rings (SSSR count). The van der Waals surface area contributed by atoms with E-state index in [1.807, 2.05) is 13.0 Å². The van der Waals surface area contributed by atoms with Gasteiger partial charge >= 0.3 is 0 Å². The van der Waals surface area contributed by atoms with E-state index in [2.05, 4.69) is 14.9 Å². The number of nitriles is 1. The Kier molecular flexibility index (Phi) is 3.55. The largest absolute Gasteiger partial charge is 0.396 e. The van der Waals surface area contributed by atoms with E-state index in [0.29, 0.717) is 17.6 Å². The number of aliphatic hydroxyl groups excluding tert-OH is 1. The number of aromatic nitrogens is 2. The molecule has 0 aromatic carbocycles. The molecule has 5 heteroatoms. The minimum atomic E-state index is 0.256. The predicted molar refractivity (Wildman–Crippen MR) is 63.5 cm³/mol. The number of nitrogens with zero attached hydrogens (tertiary/aromatic N) is 4. The van der Waals surface area contributed by atoms with Crippen molar-refractivity contribution < 1.29 is 5.11 Å². The molecular formula is C12H16N4O. The van der Waals surface area contributed by atoms with Crippen LogP contribution in [0.4, 0.5) is 5.95 Å². The molecule has 1 aliphatic heterocycles. The van der Waals surface area contributed by atoms with Crippen molar-refractivity contribution in [3.8, 4) is 6.07 Å². The molecule has 0 unspecified atom stereocenters. The Morgan fingerprint density at radius 1 is 1.47 bits per heavy atom. The van der Waals surface area contributed by atoms with Gasteiger partial charge in [0.15, 0.2) is 0 Å². The summed E-state index contributed by atoms with van der Waals surface area (Å²) in [5.41, 5.74) is 1.23. The molecule has 1 aromatic heterocycles. The number of piperidine rings is 1. The van der Waals surface area contributed by atoms with Crippen LogP contribution in [-0.4, -0.2) is 34.8 Å². The molecule has 1 N–H and O–H groups in total. The second-order valence-electron chi connectivity index (χ2n) is 4.42. The zero-order valence-electron chi connectivity index (χ0n) is 9.93. The van der Waals surface area contributed by atoms with Gasteiger partial charge < -0.3 is 10.0 Å². The lowest BCUT2D eigenvalue weighted by atomic mass is 9.98. The van der Waals surface area contributed by atoms with Crippen LogP contribution in [0.25, 0.3) is 0 Å². The van der Waals surface area contributed by atoms with Crippen molar-refractivity contribution in [1.82, 2.24) is 9.97 Å². The van der Waals surface area contributed by atoms with Crippen molar-refractivity contribution in [1.29, 1.82) is 5.26 Å². The van der Waals surface area contributed by atoms with Gasteiger partial charge in [0.1, 0.15) is 11.8 Å². The molecule has 17 heavy (non-hydrogen) atoms. The van der Waals surface area contributed by atoms with E-state index in [-0.39, 0.29) is 6.61 Å². The van der Waals surface area contributed by atoms with Gasteiger partial charge in [-0.1, -0.05) is 0 Å². The molecule has 0 aliphatic carbocycles. The molecule has 1 fully saturated rings. The smallest absolute Gasteiger partial charge is 0.226 e. The number of anilines is 1. The second kappa shape index (κ2) is 5.11. The van der Waals surface area contributed by atoms with E-state index < -0.39 is 0 Å². The van der Waals surface area contributed by atoms with Crippen molar-refractivity contribution in [3.05, 3.63) is 17.5 Å². The van der Waals surface area contributed by atoms with E-state index in [9.17, 15) is 0 Å². The van der Waals surface area contributed by atoms with Crippen LogP contribution in [-0.2, 0) is 0 Å². The summed E-state index contributed by atoms with van der Waals surface area (Å²) in [4.78, 5) is 10.7. The van der Waals surface area contributed by atoms with E-state index >= 15 is 0 Å². The van der Waals surface area contributed by atoms with Crippen molar-refractivity contribution in [2.45, 2.75) is 19.8 Å². The average molecular weight is 232 g/mol. The van der Waals surface area contributed by atoms with Crippen LogP contribution in [0, 0.1) is 24.2 Å². The topological polar surface area (TPSA) is 73.0 Å². The molecule has 1 saturated heterocycles. The highest BCUT2D eigenvalue weighted by molar-refractivity contribution is 5.36. The minimum Gasteiger partial charge on any atom is -0.396 e. The van der Waals surface area contributed by atoms with Gasteiger partial charge in [-0.05, 0) is 31.7 Å². The van der Waals surface area contributed by atoms with E-state index in [1.165, 1.54) is 0 Å². The maximum Gasteiger partial charge on any atom is 0.226 e. The summed E-state index contributed by atoms with van der Waals surface area (Å²) in [6.45, 7) is 3.82. The summed E-state index contributed by atoms with van der Waals surface area (Å²) in [5, 5.41) is 18.0. The number of hydrogen-bond donors (Lipinski definition) is 1. The monoisotopic (exact) mass is 232 g/mol. The fourth-order valence-corrected chi connectivity index (χ4v) is 2.07. The number of rotatable bonds is 2. The number of aliphatic hydroxyl groups is 1. The first-order valence-corrected chi connectivity index (χ1v) is 5.84. The van der Waals surface area contributed by atoms with Gasteiger partial charge in [-0.2, -0.15) is 5.26 Å². The normalized spacial score (nSPS) is 16.9. The molecule has 90 valence electrons. The average Bonchev–Trinajstić information content (AvgIpc) is 2.38. The van der Waals surface area contributed by atoms with E-state index in [1.54, 1.807) is 6.07 Å². The molecule has 1 aliphatic rings. The number of aryl methyl sites for hydroxylation is 1. The summed E-state index contributed by atoms with van der Waals surface area (Å²) in [6.07, 6.45) is 1.91. The summed E-state index contributed by atoms with van der Waals surface area (Å²) in [5.74, 6) is 1.03. The molecule has 0 amide bonds. The van der Waals surface area contributed by atoms with Gasteiger partial charge in [0.25, 0.3) is 0 Å². The van der Waals surface area contributed by atoms with Crippen LogP contribution < -0.4 is 4.90 Å². The Labute approximate surface area is 101 Å². The van der Waals surface area contributed by atoms with Crippen LogP contribution in [0.2, 0.25) is 0 Å². The van der Waals surface area contributed by atoms with Gasteiger partial charge in [0.05, 0.1) is 0 Å². The third-order valence-corrected chi connectivity index (χ3v) is 3.11. The van der Waals surface area contributed by atoms with Crippen molar-refractivity contribution in [2.75, 3.05) is 24.6 Å². The second-order valence-corrected chi connectivity index (χ2v) is 4.42. The molecular weight excluding hydrogens is 216 g/mol.